The van der Waals surface area contributed by atoms with Crippen LogP contribution in [0.3, 0.4) is 0 Å². The Labute approximate surface area is 207 Å². The Balaban J connectivity index is 1.18. The number of aromatic nitrogens is 1. The van der Waals surface area contributed by atoms with Crippen molar-refractivity contribution < 1.29 is 13.9 Å². The average molecular weight is 484 g/mol. The molecule has 174 valence electrons. The quantitative estimate of drug-likeness (QED) is 0.317. The number of carbonyl (C=O) groups excluding carboxylic acids is 1. The fourth-order valence-electron chi connectivity index (χ4n) is 4.06. The number of fused-ring (bicyclic) bond motifs is 1. The van der Waals surface area contributed by atoms with E-state index in [1.54, 1.807) is 24.3 Å². The Morgan fingerprint density at radius 1 is 1.09 bits per heavy atom. The number of rotatable bonds is 7. The highest BCUT2D eigenvalue weighted by Crippen LogP contribution is 2.34. The van der Waals surface area contributed by atoms with Gasteiger partial charge >= 0.3 is 0 Å². The fourth-order valence-corrected chi connectivity index (χ4v) is 4.29. The fraction of sp³-hybridized carbons (Fsp3) is 0.179. The minimum absolute atomic E-state index is 0.242. The van der Waals surface area contributed by atoms with E-state index in [4.69, 9.17) is 25.7 Å². The van der Waals surface area contributed by atoms with E-state index in [9.17, 15) is 4.79 Å². The van der Waals surface area contributed by atoms with E-state index in [1.165, 1.54) is 19.1 Å². The number of furan rings is 1. The van der Waals surface area contributed by atoms with Gasteiger partial charge in [0.25, 0.3) is 5.91 Å². The number of ether oxygens (including phenoxy) is 1. The molecule has 1 aliphatic heterocycles. The smallest absolute Gasteiger partial charge is 0.291 e. The summed E-state index contributed by atoms with van der Waals surface area (Å²) < 4.78 is 11.0. The number of halogens is 1. The van der Waals surface area contributed by atoms with Gasteiger partial charge in [0.15, 0.2) is 11.6 Å². The van der Waals surface area contributed by atoms with Crippen LogP contribution in [0.1, 0.15) is 34.5 Å². The molecule has 0 spiro atoms. The molecule has 6 nitrogen and oxygen atoms in total. The molecule has 1 N–H and O–H groups in total. The molecule has 2 aromatic carbocycles. The van der Waals surface area contributed by atoms with Crippen molar-refractivity contribution in [1.82, 2.24) is 4.98 Å². The van der Waals surface area contributed by atoms with E-state index in [1.807, 2.05) is 24.4 Å². The van der Waals surface area contributed by atoms with Crippen LogP contribution in [0.4, 0.5) is 11.5 Å². The van der Waals surface area contributed by atoms with Gasteiger partial charge < -0.3 is 14.5 Å². The lowest BCUT2D eigenvalue weighted by Gasteiger charge is -2.09. The summed E-state index contributed by atoms with van der Waals surface area (Å²) in [6.07, 6.45) is 6.46. The second-order valence-corrected chi connectivity index (χ2v) is 9.25. The molecule has 1 amide bonds. The van der Waals surface area contributed by atoms with Gasteiger partial charge in [-0.1, -0.05) is 23.7 Å². The Bertz CT molecular complexity index is 1420. The van der Waals surface area contributed by atoms with Crippen molar-refractivity contribution in [2.75, 3.05) is 11.9 Å². The Morgan fingerprint density at radius 2 is 1.94 bits per heavy atom. The number of amides is 1. The summed E-state index contributed by atoms with van der Waals surface area (Å²) in [5.74, 6) is 2.23. The second kappa shape index (κ2) is 9.04. The van der Waals surface area contributed by atoms with E-state index in [2.05, 4.69) is 28.5 Å². The number of carbonyl (C=O) groups is 1. The van der Waals surface area contributed by atoms with Crippen LogP contribution in [-0.4, -0.2) is 23.2 Å². The number of anilines is 1. The standard InChI is InChI=1S/C28H22ClN3O3/c29-24-10-7-21(31-28(33)26-2-1-11-34-26)14-23(24)25-13-19-12-20(15-30-27(19)32-25)18-5-8-22(9-6-18)35-16-17-3-4-17/h1-2,5-12,14-15,17H,3-4,13,16H2,(H,31,33). The van der Waals surface area contributed by atoms with Crippen molar-refractivity contribution in [2.45, 2.75) is 19.3 Å². The van der Waals surface area contributed by atoms with Crippen molar-refractivity contribution in [3.63, 3.8) is 0 Å². The predicted molar refractivity (Wildman–Crippen MR) is 136 cm³/mol. The van der Waals surface area contributed by atoms with Gasteiger partial charge in [-0.15, -0.1) is 0 Å². The van der Waals surface area contributed by atoms with E-state index < -0.39 is 0 Å². The van der Waals surface area contributed by atoms with Gasteiger partial charge in [0.2, 0.25) is 0 Å². The van der Waals surface area contributed by atoms with E-state index >= 15 is 0 Å². The van der Waals surface area contributed by atoms with Gasteiger partial charge in [-0.25, -0.2) is 9.98 Å². The zero-order chi connectivity index (χ0) is 23.8. The second-order valence-electron chi connectivity index (χ2n) is 8.85. The first-order valence-electron chi connectivity index (χ1n) is 11.6. The molecule has 0 bridgehead atoms. The third kappa shape index (κ3) is 4.70. The lowest BCUT2D eigenvalue weighted by Crippen LogP contribution is -2.11. The Hall–Kier alpha value is -3.90. The monoisotopic (exact) mass is 483 g/mol. The summed E-state index contributed by atoms with van der Waals surface area (Å²) in [5, 5.41) is 3.40. The largest absolute Gasteiger partial charge is 0.493 e. The highest BCUT2D eigenvalue weighted by Gasteiger charge is 2.22. The van der Waals surface area contributed by atoms with E-state index in [0.29, 0.717) is 22.9 Å². The van der Waals surface area contributed by atoms with Gasteiger partial charge in [0, 0.05) is 40.0 Å². The zero-order valence-corrected chi connectivity index (χ0v) is 19.6. The molecule has 1 saturated carbocycles. The SMILES string of the molecule is O=C(Nc1ccc(Cl)c(C2=Nc3ncc(-c4ccc(OCC5CC5)cc4)cc3C2)c1)c1ccco1. The van der Waals surface area contributed by atoms with Gasteiger partial charge in [0.05, 0.1) is 18.6 Å². The first-order valence-corrected chi connectivity index (χ1v) is 11.9. The molecule has 2 aliphatic rings. The molecule has 0 radical (unpaired) electrons. The molecular formula is C28H22ClN3O3. The Morgan fingerprint density at radius 3 is 2.71 bits per heavy atom. The summed E-state index contributed by atoms with van der Waals surface area (Å²) in [5.41, 5.74) is 5.33. The van der Waals surface area contributed by atoms with Crippen molar-refractivity contribution in [1.29, 1.82) is 0 Å². The minimum atomic E-state index is -0.324. The molecule has 1 fully saturated rings. The summed E-state index contributed by atoms with van der Waals surface area (Å²) >= 11 is 6.50. The van der Waals surface area contributed by atoms with Crippen LogP contribution in [0.5, 0.6) is 5.75 Å². The molecule has 6 rings (SSSR count). The molecule has 3 heterocycles. The molecule has 0 atom stereocenters. The topological polar surface area (TPSA) is 76.7 Å². The van der Waals surface area contributed by atoms with E-state index in [0.717, 1.165) is 46.2 Å². The molecule has 2 aromatic heterocycles. The first-order chi connectivity index (χ1) is 17.1. The molecular weight excluding hydrogens is 462 g/mol. The summed E-state index contributed by atoms with van der Waals surface area (Å²) in [4.78, 5) is 21.7. The van der Waals surface area contributed by atoms with Crippen LogP contribution in [0, 0.1) is 5.92 Å². The van der Waals surface area contributed by atoms with Crippen LogP contribution >= 0.6 is 11.6 Å². The number of hydrogen-bond donors (Lipinski definition) is 1. The zero-order valence-electron chi connectivity index (χ0n) is 18.8. The number of nitrogens with zero attached hydrogens (tertiary/aromatic N) is 2. The van der Waals surface area contributed by atoms with Crippen LogP contribution < -0.4 is 10.1 Å². The van der Waals surface area contributed by atoms with Crippen molar-refractivity contribution in [3.8, 4) is 16.9 Å². The first kappa shape index (κ1) is 21.6. The normalized spacial score (nSPS) is 14.4. The van der Waals surface area contributed by atoms with Gasteiger partial charge in [0.1, 0.15) is 5.75 Å². The van der Waals surface area contributed by atoms with Crippen LogP contribution in [0.15, 0.2) is 82.5 Å². The molecule has 1 aliphatic carbocycles. The predicted octanol–water partition coefficient (Wildman–Crippen LogP) is 6.71. The number of aliphatic imine (C=N–C) groups is 1. The molecule has 0 unspecified atom stereocenters. The van der Waals surface area contributed by atoms with Crippen LogP contribution in [0.2, 0.25) is 5.02 Å². The minimum Gasteiger partial charge on any atom is -0.493 e. The maximum atomic E-state index is 12.3. The molecule has 4 aromatic rings. The molecule has 0 saturated heterocycles. The summed E-state index contributed by atoms with van der Waals surface area (Å²) in [6.45, 7) is 0.802. The van der Waals surface area contributed by atoms with Crippen molar-refractivity contribution in [2.24, 2.45) is 10.9 Å². The Kier molecular flexibility index (Phi) is 5.58. The highest BCUT2D eigenvalue weighted by atomic mass is 35.5. The number of hydrogen-bond acceptors (Lipinski definition) is 5. The number of nitrogens with one attached hydrogen (secondary N) is 1. The maximum Gasteiger partial charge on any atom is 0.291 e. The highest BCUT2D eigenvalue weighted by molar-refractivity contribution is 6.34. The average Bonchev–Trinajstić information content (AvgIpc) is 3.36. The third-order valence-electron chi connectivity index (χ3n) is 6.19. The van der Waals surface area contributed by atoms with E-state index in [-0.39, 0.29) is 11.7 Å². The molecule has 35 heavy (non-hydrogen) atoms. The lowest BCUT2D eigenvalue weighted by molar-refractivity contribution is 0.0996. The lowest BCUT2D eigenvalue weighted by atomic mass is 10.0. The van der Waals surface area contributed by atoms with Crippen LogP contribution in [0.25, 0.3) is 11.1 Å². The molecule has 7 heteroatoms. The number of pyridine rings is 1. The van der Waals surface area contributed by atoms with Gasteiger partial charge in [-0.2, -0.15) is 0 Å². The summed E-state index contributed by atoms with van der Waals surface area (Å²) in [7, 11) is 0. The van der Waals surface area contributed by atoms with Gasteiger partial charge in [-0.3, -0.25) is 4.79 Å². The third-order valence-corrected chi connectivity index (χ3v) is 6.52. The van der Waals surface area contributed by atoms with Crippen molar-refractivity contribution in [3.05, 3.63) is 95.0 Å². The van der Waals surface area contributed by atoms with Gasteiger partial charge in [-0.05, 0) is 72.9 Å². The maximum absolute atomic E-state index is 12.3. The van der Waals surface area contributed by atoms with Crippen molar-refractivity contribution >= 4 is 34.7 Å². The summed E-state index contributed by atoms with van der Waals surface area (Å²) in [6, 6.07) is 18.9. The van der Waals surface area contributed by atoms with Crippen LogP contribution in [-0.2, 0) is 6.42 Å². The number of benzene rings is 2.